The Kier molecular flexibility index (Phi) is 5.15. The summed E-state index contributed by atoms with van der Waals surface area (Å²) in [5, 5.41) is 0. The molecular formula is C23H25N3O2. The molecule has 28 heavy (non-hydrogen) atoms. The molecule has 2 amide bonds. The Bertz CT molecular complexity index is 886. The summed E-state index contributed by atoms with van der Waals surface area (Å²) in [7, 11) is 0. The molecule has 0 unspecified atom stereocenters. The van der Waals surface area contributed by atoms with E-state index in [2.05, 4.69) is 17.0 Å². The van der Waals surface area contributed by atoms with E-state index < -0.39 is 0 Å². The molecule has 2 aromatic carbocycles. The molecule has 0 saturated carbocycles. The number of hydrogen-bond acceptors (Lipinski definition) is 3. The fourth-order valence-corrected chi connectivity index (χ4v) is 4.06. The molecule has 5 nitrogen and oxygen atoms in total. The van der Waals surface area contributed by atoms with E-state index in [9.17, 15) is 9.59 Å². The molecular weight excluding hydrogens is 350 g/mol. The first kappa shape index (κ1) is 18.3. The minimum atomic E-state index is -0.238. The molecule has 1 fully saturated rings. The number of carbonyl (C=O) groups excluding carboxylic acids is 2. The average molecular weight is 375 g/mol. The van der Waals surface area contributed by atoms with E-state index in [4.69, 9.17) is 0 Å². The van der Waals surface area contributed by atoms with Crippen LogP contribution >= 0.6 is 0 Å². The number of amides is 2. The fourth-order valence-electron chi connectivity index (χ4n) is 4.06. The van der Waals surface area contributed by atoms with Gasteiger partial charge < -0.3 is 14.7 Å². The first-order valence-corrected chi connectivity index (χ1v) is 9.77. The van der Waals surface area contributed by atoms with E-state index in [1.54, 1.807) is 18.0 Å². The lowest BCUT2D eigenvalue weighted by Crippen LogP contribution is -2.49. The number of piperazine rings is 1. The molecule has 2 aliphatic rings. The number of anilines is 1. The van der Waals surface area contributed by atoms with Gasteiger partial charge >= 0.3 is 0 Å². The van der Waals surface area contributed by atoms with Gasteiger partial charge in [0.2, 0.25) is 11.8 Å². The zero-order valence-corrected chi connectivity index (χ0v) is 16.1. The van der Waals surface area contributed by atoms with Crippen molar-refractivity contribution in [3.8, 4) is 0 Å². The van der Waals surface area contributed by atoms with Crippen molar-refractivity contribution in [1.29, 1.82) is 0 Å². The third-order valence-electron chi connectivity index (χ3n) is 5.59. The minimum absolute atomic E-state index is 0.0440. The fraction of sp³-hybridized carbons (Fsp3) is 0.304. The summed E-state index contributed by atoms with van der Waals surface area (Å²) in [6, 6.07) is 18.1. The molecule has 0 N–H and O–H groups in total. The van der Waals surface area contributed by atoms with Crippen LogP contribution in [0.3, 0.4) is 0 Å². The quantitative estimate of drug-likeness (QED) is 0.827. The summed E-state index contributed by atoms with van der Waals surface area (Å²) in [6.45, 7) is 4.62. The van der Waals surface area contributed by atoms with Crippen molar-refractivity contribution in [3.05, 3.63) is 71.9 Å². The van der Waals surface area contributed by atoms with Crippen molar-refractivity contribution in [2.24, 2.45) is 0 Å². The molecule has 144 valence electrons. The summed E-state index contributed by atoms with van der Waals surface area (Å²) >= 11 is 0. The Morgan fingerprint density at radius 1 is 0.929 bits per heavy atom. The van der Waals surface area contributed by atoms with Crippen LogP contribution in [0.25, 0.3) is 6.08 Å². The van der Waals surface area contributed by atoms with Crippen LogP contribution in [0, 0.1) is 0 Å². The van der Waals surface area contributed by atoms with Crippen LogP contribution in [0.4, 0.5) is 5.69 Å². The smallest absolute Gasteiger partial charge is 0.225 e. The number of rotatable bonds is 3. The lowest BCUT2D eigenvalue weighted by molar-refractivity contribution is -0.134. The van der Waals surface area contributed by atoms with Crippen LogP contribution in [0.2, 0.25) is 0 Å². The Labute approximate surface area is 165 Å². The highest BCUT2D eigenvalue weighted by Gasteiger charge is 2.30. The van der Waals surface area contributed by atoms with Gasteiger partial charge in [-0.05, 0) is 29.3 Å². The Morgan fingerprint density at radius 2 is 1.61 bits per heavy atom. The van der Waals surface area contributed by atoms with E-state index in [0.717, 1.165) is 24.2 Å². The summed E-state index contributed by atoms with van der Waals surface area (Å²) < 4.78 is 0. The summed E-state index contributed by atoms with van der Waals surface area (Å²) in [5.41, 5.74) is 3.31. The Hall–Kier alpha value is -3.08. The van der Waals surface area contributed by atoms with Crippen molar-refractivity contribution in [2.75, 3.05) is 31.1 Å². The van der Waals surface area contributed by atoms with Gasteiger partial charge in [0.15, 0.2) is 0 Å². The molecule has 2 aromatic rings. The summed E-state index contributed by atoms with van der Waals surface area (Å²) in [4.78, 5) is 31.1. The van der Waals surface area contributed by atoms with Gasteiger partial charge in [-0.1, -0.05) is 42.5 Å². The Balaban J connectivity index is 1.44. The Morgan fingerprint density at radius 3 is 2.32 bits per heavy atom. The van der Waals surface area contributed by atoms with Crippen LogP contribution in [-0.2, 0) is 9.59 Å². The molecule has 0 spiro atoms. The maximum absolute atomic E-state index is 13.0. The van der Waals surface area contributed by atoms with Crippen molar-refractivity contribution in [1.82, 2.24) is 9.80 Å². The molecule has 0 bridgehead atoms. The largest absolute Gasteiger partial charge is 0.368 e. The lowest BCUT2D eigenvalue weighted by atomic mass is 9.93. The van der Waals surface area contributed by atoms with Crippen LogP contribution in [0.1, 0.15) is 30.5 Å². The monoisotopic (exact) mass is 375 g/mol. The first-order chi connectivity index (χ1) is 13.6. The molecule has 0 aliphatic carbocycles. The van der Waals surface area contributed by atoms with E-state index in [1.165, 1.54) is 5.69 Å². The van der Waals surface area contributed by atoms with Crippen LogP contribution in [0.15, 0.2) is 60.8 Å². The standard InChI is InChI=1S/C23H25N3O2/c1-18(27)26-12-11-19-7-5-6-10-21(19)22(26)17-23(28)25-15-13-24(14-16-25)20-8-3-2-4-9-20/h2-12,22H,13-17H2,1H3/t22-/m1/s1. The van der Waals surface area contributed by atoms with Gasteiger partial charge in [0, 0.05) is 45.0 Å². The molecule has 1 saturated heterocycles. The SMILES string of the molecule is CC(=O)N1C=Cc2ccccc2[C@H]1CC(=O)N1CCN(c2ccccc2)CC1. The maximum atomic E-state index is 13.0. The summed E-state index contributed by atoms with van der Waals surface area (Å²) in [5.74, 6) is 0.0616. The summed E-state index contributed by atoms with van der Waals surface area (Å²) in [6.07, 6.45) is 4.05. The lowest BCUT2D eigenvalue weighted by Gasteiger charge is -2.38. The van der Waals surface area contributed by atoms with Crippen molar-refractivity contribution in [2.45, 2.75) is 19.4 Å². The van der Waals surface area contributed by atoms with E-state index in [0.29, 0.717) is 19.5 Å². The zero-order valence-electron chi connectivity index (χ0n) is 16.1. The van der Waals surface area contributed by atoms with Crippen molar-refractivity contribution < 1.29 is 9.59 Å². The molecule has 4 rings (SSSR count). The third-order valence-corrected chi connectivity index (χ3v) is 5.59. The molecule has 0 aromatic heterocycles. The van der Waals surface area contributed by atoms with Gasteiger partial charge in [0.25, 0.3) is 0 Å². The third kappa shape index (κ3) is 3.65. The van der Waals surface area contributed by atoms with Crippen LogP contribution in [-0.4, -0.2) is 47.8 Å². The number of carbonyl (C=O) groups is 2. The second-order valence-corrected chi connectivity index (χ2v) is 7.29. The molecule has 2 aliphatic heterocycles. The zero-order chi connectivity index (χ0) is 19.5. The number of fused-ring (bicyclic) bond motifs is 1. The second kappa shape index (κ2) is 7.89. The highest BCUT2D eigenvalue weighted by atomic mass is 16.2. The minimum Gasteiger partial charge on any atom is -0.368 e. The van der Waals surface area contributed by atoms with Gasteiger partial charge in [-0.3, -0.25) is 9.59 Å². The highest BCUT2D eigenvalue weighted by Crippen LogP contribution is 2.33. The normalized spacial score (nSPS) is 18.8. The number of para-hydroxylation sites is 1. The van der Waals surface area contributed by atoms with Crippen LogP contribution in [0.5, 0.6) is 0 Å². The van der Waals surface area contributed by atoms with Crippen LogP contribution < -0.4 is 4.90 Å². The topological polar surface area (TPSA) is 43.9 Å². The second-order valence-electron chi connectivity index (χ2n) is 7.29. The van der Waals surface area contributed by atoms with Gasteiger partial charge in [0.1, 0.15) is 0 Å². The molecule has 2 heterocycles. The van der Waals surface area contributed by atoms with E-state index >= 15 is 0 Å². The van der Waals surface area contributed by atoms with Crippen molar-refractivity contribution in [3.63, 3.8) is 0 Å². The predicted molar refractivity (Wildman–Crippen MR) is 111 cm³/mol. The van der Waals surface area contributed by atoms with Gasteiger partial charge in [-0.2, -0.15) is 0 Å². The number of benzene rings is 2. The number of nitrogens with zero attached hydrogens (tertiary/aromatic N) is 3. The van der Waals surface area contributed by atoms with Gasteiger partial charge in [0.05, 0.1) is 12.5 Å². The van der Waals surface area contributed by atoms with E-state index in [1.807, 2.05) is 53.4 Å². The van der Waals surface area contributed by atoms with Gasteiger partial charge in [-0.15, -0.1) is 0 Å². The highest BCUT2D eigenvalue weighted by molar-refractivity contribution is 5.82. The van der Waals surface area contributed by atoms with Crippen molar-refractivity contribution >= 4 is 23.6 Å². The predicted octanol–water partition coefficient (Wildman–Crippen LogP) is 3.30. The first-order valence-electron chi connectivity index (χ1n) is 9.77. The molecule has 1 atom stereocenters. The molecule has 0 radical (unpaired) electrons. The average Bonchev–Trinajstić information content (AvgIpc) is 2.74. The van der Waals surface area contributed by atoms with Gasteiger partial charge in [-0.25, -0.2) is 0 Å². The number of hydrogen-bond donors (Lipinski definition) is 0. The van der Waals surface area contributed by atoms with E-state index in [-0.39, 0.29) is 17.9 Å². The molecule has 5 heteroatoms. The maximum Gasteiger partial charge on any atom is 0.225 e.